The first-order valence-corrected chi connectivity index (χ1v) is 13.6. The van der Waals surface area contributed by atoms with Crippen molar-refractivity contribution in [1.29, 1.82) is 0 Å². The summed E-state index contributed by atoms with van der Waals surface area (Å²) in [7, 11) is -3.74. The second-order valence-electron chi connectivity index (χ2n) is 8.06. The van der Waals surface area contributed by atoms with Gasteiger partial charge in [0.25, 0.3) is 0 Å². The van der Waals surface area contributed by atoms with Crippen LogP contribution in [0.25, 0.3) is 5.69 Å². The van der Waals surface area contributed by atoms with Crippen molar-refractivity contribution >= 4 is 33.2 Å². The van der Waals surface area contributed by atoms with E-state index in [-0.39, 0.29) is 27.3 Å². The molecule has 0 bridgehead atoms. The van der Waals surface area contributed by atoms with Gasteiger partial charge < -0.3 is 5.32 Å². The summed E-state index contributed by atoms with van der Waals surface area (Å²) in [6.45, 7) is 1.86. The summed E-state index contributed by atoms with van der Waals surface area (Å²) in [4.78, 5) is 12.6. The lowest BCUT2D eigenvalue weighted by Gasteiger charge is -2.11. The standard InChI is InChI=1S/C25H21F3N4O3S2/c1-17-10-12-21(13-11-17)37(34,35)16-22-30-31-24(32(22)20-8-3-2-4-9-20)36-15-23(33)29-19-7-5-6-18(14-19)25(26,27)28/h2-14H,15-16H2,1H3,(H,29,33). The lowest BCUT2D eigenvalue weighted by molar-refractivity contribution is -0.137. The number of hydrogen-bond acceptors (Lipinski definition) is 6. The van der Waals surface area contributed by atoms with Crippen molar-refractivity contribution in [3.05, 3.63) is 95.8 Å². The first-order chi connectivity index (χ1) is 17.5. The van der Waals surface area contributed by atoms with Gasteiger partial charge in [-0.15, -0.1) is 10.2 Å². The number of carbonyl (C=O) groups excluding carboxylic acids is 1. The molecule has 0 unspecified atom stereocenters. The third-order valence-corrected chi connectivity index (χ3v) is 7.78. The van der Waals surface area contributed by atoms with Gasteiger partial charge in [0.2, 0.25) is 5.91 Å². The Hall–Kier alpha value is -3.64. The molecular weight excluding hydrogens is 525 g/mol. The summed E-state index contributed by atoms with van der Waals surface area (Å²) in [6, 6.07) is 19.6. The molecule has 192 valence electrons. The molecule has 0 saturated heterocycles. The van der Waals surface area contributed by atoms with Crippen LogP contribution >= 0.6 is 11.8 Å². The summed E-state index contributed by atoms with van der Waals surface area (Å²) in [5.74, 6) is -1.01. The number of nitrogens with zero attached hydrogens (tertiary/aromatic N) is 3. The Morgan fingerprint density at radius 1 is 0.973 bits per heavy atom. The Kier molecular flexibility index (Phi) is 7.69. The highest BCUT2D eigenvalue weighted by Crippen LogP contribution is 2.31. The Bertz CT molecular complexity index is 1500. The van der Waals surface area contributed by atoms with E-state index < -0.39 is 33.2 Å². The van der Waals surface area contributed by atoms with E-state index in [1.165, 1.54) is 24.3 Å². The number of hydrogen-bond donors (Lipinski definition) is 1. The number of nitrogens with one attached hydrogen (secondary N) is 1. The number of carbonyl (C=O) groups is 1. The molecule has 7 nitrogen and oxygen atoms in total. The summed E-state index contributed by atoms with van der Waals surface area (Å²) in [5, 5.41) is 10.9. The van der Waals surface area contributed by atoms with Crippen LogP contribution in [-0.4, -0.2) is 34.8 Å². The Morgan fingerprint density at radius 3 is 2.35 bits per heavy atom. The van der Waals surface area contributed by atoms with Crippen LogP contribution in [0.4, 0.5) is 18.9 Å². The predicted octanol–water partition coefficient (Wildman–Crippen LogP) is 5.30. The topological polar surface area (TPSA) is 94.0 Å². The average molecular weight is 547 g/mol. The number of thioether (sulfide) groups is 1. The number of anilines is 1. The van der Waals surface area contributed by atoms with Crippen molar-refractivity contribution in [3.8, 4) is 5.69 Å². The predicted molar refractivity (Wildman–Crippen MR) is 134 cm³/mol. The SMILES string of the molecule is Cc1ccc(S(=O)(=O)Cc2nnc(SCC(=O)Nc3cccc(C(F)(F)F)c3)n2-c2ccccc2)cc1. The highest BCUT2D eigenvalue weighted by Gasteiger charge is 2.30. The molecule has 1 heterocycles. The quantitative estimate of drug-likeness (QED) is 0.302. The molecule has 0 aliphatic rings. The molecule has 0 saturated carbocycles. The van der Waals surface area contributed by atoms with E-state index in [1.54, 1.807) is 47.0 Å². The molecule has 0 radical (unpaired) electrons. The van der Waals surface area contributed by atoms with Gasteiger partial charge in [-0.1, -0.05) is 53.7 Å². The van der Waals surface area contributed by atoms with Crippen molar-refractivity contribution < 1.29 is 26.4 Å². The van der Waals surface area contributed by atoms with Crippen LogP contribution in [0.2, 0.25) is 0 Å². The van der Waals surface area contributed by atoms with Gasteiger partial charge in [-0.05, 0) is 49.4 Å². The Labute approximate surface area is 215 Å². The number of halogens is 3. The van der Waals surface area contributed by atoms with Gasteiger partial charge in [0.15, 0.2) is 20.8 Å². The fraction of sp³-hybridized carbons (Fsp3) is 0.160. The van der Waals surface area contributed by atoms with E-state index in [0.29, 0.717) is 5.69 Å². The van der Waals surface area contributed by atoms with Gasteiger partial charge in [-0.25, -0.2) is 8.42 Å². The number of alkyl halides is 3. The molecule has 12 heteroatoms. The van der Waals surface area contributed by atoms with E-state index in [0.717, 1.165) is 29.5 Å². The van der Waals surface area contributed by atoms with Crippen molar-refractivity contribution in [2.45, 2.75) is 28.9 Å². The third kappa shape index (κ3) is 6.57. The maximum Gasteiger partial charge on any atom is 0.416 e. The maximum absolute atomic E-state index is 13.0. The third-order valence-electron chi connectivity index (χ3n) is 5.22. The minimum absolute atomic E-state index is 0.00910. The van der Waals surface area contributed by atoms with E-state index in [9.17, 15) is 26.4 Å². The van der Waals surface area contributed by atoms with E-state index in [1.807, 2.05) is 6.92 Å². The van der Waals surface area contributed by atoms with Gasteiger partial charge in [-0.3, -0.25) is 9.36 Å². The summed E-state index contributed by atoms with van der Waals surface area (Å²) >= 11 is 0.984. The highest BCUT2D eigenvalue weighted by molar-refractivity contribution is 7.99. The monoisotopic (exact) mass is 546 g/mol. The molecule has 4 aromatic rings. The fourth-order valence-electron chi connectivity index (χ4n) is 3.42. The van der Waals surface area contributed by atoms with Crippen LogP contribution < -0.4 is 5.32 Å². The normalized spacial score (nSPS) is 11.9. The summed E-state index contributed by atoms with van der Waals surface area (Å²) in [5.41, 5.74) is 0.659. The Morgan fingerprint density at radius 2 is 1.68 bits per heavy atom. The van der Waals surface area contributed by atoms with E-state index in [2.05, 4.69) is 15.5 Å². The fourth-order valence-corrected chi connectivity index (χ4v) is 5.44. The van der Waals surface area contributed by atoms with Gasteiger partial charge in [0.1, 0.15) is 5.75 Å². The lowest BCUT2D eigenvalue weighted by atomic mass is 10.2. The molecule has 0 fully saturated rings. The molecule has 4 rings (SSSR count). The smallest absolute Gasteiger partial charge is 0.325 e. The molecule has 0 atom stereocenters. The van der Waals surface area contributed by atoms with Gasteiger partial charge in [0.05, 0.1) is 16.2 Å². The highest BCUT2D eigenvalue weighted by atomic mass is 32.2. The molecule has 1 aromatic heterocycles. The van der Waals surface area contributed by atoms with Gasteiger partial charge in [-0.2, -0.15) is 13.2 Å². The number of para-hydroxylation sites is 1. The molecule has 1 N–H and O–H groups in total. The minimum atomic E-state index is -4.53. The second-order valence-corrected chi connectivity index (χ2v) is 11.0. The molecule has 0 aliphatic carbocycles. The van der Waals surface area contributed by atoms with Crippen LogP contribution in [0.15, 0.2) is 88.9 Å². The molecular formula is C25H21F3N4O3S2. The van der Waals surface area contributed by atoms with Crippen LogP contribution in [0.1, 0.15) is 17.0 Å². The Balaban J connectivity index is 1.55. The largest absolute Gasteiger partial charge is 0.416 e. The number of amides is 1. The van der Waals surface area contributed by atoms with Crippen molar-refractivity contribution in [3.63, 3.8) is 0 Å². The molecule has 0 aliphatic heterocycles. The number of benzene rings is 3. The molecule has 0 spiro atoms. The first-order valence-electron chi connectivity index (χ1n) is 10.9. The van der Waals surface area contributed by atoms with Crippen LogP contribution in [0.3, 0.4) is 0 Å². The molecule has 37 heavy (non-hydrogen) atoms. The van der Waals surface area contributed by atoms with Crippen molar-refractivity contribution in [1.82, 2.24) is 14.8 Å². The number of aromatic nitrogens is 3. The number of rotatable bonds is 8. The second kappa shape index (κ2) is 10.8. The number of sulfone groups is 1. The minimum Gasteiger partial charge on any atom is -0.325 e. The van der Waals surface area contributed by atoms with Crippen molar-refractivity contribution in [2.24, 2.45) is 0 Å². The van der Waals surface area contributed by atoms with Crippen LogP contribution in [0.5, 0.6) is 0 Å². The van der Waals surface area contributed by atoms with E-state index >= 15 is 0 Å². The van der Waals surface area contributed by atoms with E-state index in [4.69, 9.17) is 0 Å². The zero-order valence-electron chi connectivity index (χ0n) is 19.4. The van der Waals surface area contributed by atoms with Gasteiger partial charge >= 0.3 is 6.18 Å². The summed E-state index contributed by atoms with van der Waals surface area (Å²) in [6.07, 6.45) is -4.53. The van der Waals surface area contributed by atoms with Crippen molar-refractivity contribution in [2.75, 3.05) is 11.1 Å². The van der Waals surface area contributed by atoms with Crippen LogP contribution in [-0.2, 0) is 26.6 Å². The van der Waals surface area contributed by atoms with Gasteiger partial charge in [0, 0.05) is 11.4 Å². The zero-order valence-corrected chi connectivity index (χ0v) is 21.1. The molecule has 3 aromatic carbocycles. The summed E-state index contributed by atoms with van der Waals surface area (Å²) < 4.78 is 66.5. The first kappa shape index (κ1) is 26.4. The number of aryl methyl sites for hydroxylation is 1. The lowest BCUT2D eigenvalue weighted by Crippen LogP contribution is -2.16. The maximum atomic E-state index is 13.0. The molecule has 1 amide bonds. The average Bonchev–Trinajstić information content (AvgIpc) is 3.25. The zero-order chi connectivity index (χ0) is 26.6. The van der Waals surface area contributed by atoms with Crippen LogP contribution in [0, 0.1) is 6.92 Å².